The lowest BCUT2D eigenvalue weighted by atomic mass is 9.70. The van der Waals surface area contributed by atoms with Gasteiger partial charge in [-0.2, -0.15) is 0 Å². The minimum absolute atomic E-state index is 0.108. The van der Waals surface area contributed by atoms with Crippen LogP contribution in [0.4, 0.5) is 5.69 Å². The van der Waals surface area contributed by atoms with E-state index in [0.29, 0.717) is 45.1 Å². The van der Waals surface area contributed by atoms with Crippen LogP contribution in [0.1, 0.15) is 69.4 Å². The Kier molecular flexibility index (Phi) is 11.6. The van der Waals surface area contributed by atoms with Gasteiger partial charge in [0.15, 0.2) is 0 Å². The summed E-state index contributed by atoms with van der Waals surface area (Å²) in [5, 5.41) is 12.0. The molecule has 0 unspecified atom stereocenters. The average molecular weight is 624 g/mol. The molecule has 2 bridgehead atoms. The second kappa shape index (κ2) is 15.2. The third-order valence-electron chi connectivity index (χ3n) is 9.33. The largest absolute Gasteiger partial charge is 0.460 e. The minimum atomic E-state index is -1.15. The lowest BCUT2D eigenvalue weighted by Gasteiger charge is -2.37. The number of esters is 1. The highest BCUT2D eigenvalue weighted by atomic mass is 16.6. The van der Waals surface area contributed by atoms with Gasteiger partial charge in [-0.3, -0.25) is 19.2 Å². The predicted octanol–water partition coefficient (Wildman–Crippen LogP) is 3.76. The van der Waals surface area contributed by atoms with E-state index in [2.05, 4.69) is 18.5 Å². The number of likely N-dealkylation sites (tertiary alicyclic amines) is 1. The highest BCUT2D eigenvalue weighted by Crippen LogP contribution is 2.59. The molecule has 0 radical (unpaired) electrons. The Morgan fingerprint density at radius 2 is 1.96 bits per heavy atom. The van der Waals surface area contributed by atoms with Gasteiger partial charge in [0.1, 0.15) is 17.7 Å². The molecule has 3 fully saturated rings. The number of hydrogen-bond donors (Lipinski definition) is 2. The maximum absolute atomic E-state index is 14.7. The first-order chi connectivity index (χ1) is 21.6. The van der Waals surface area contributed by atoms with Crippen LogP contribution in [-0.4, -0.2) is 83.8 Å². The number of hydrogen-bond acceptors (Lipinski definition) is 7. The standard InChI is InChI=1S/C35H49N3O7/c1-6-8-13-28(40)36-22-25(5)44-34(43)29-27-16-17-35(45-27)30(29)32(41)38(19-11-9-10-12-20-39)31(35)33(42)37(18-7-2)26-21-23(3)14-15-24(26)4/h6-7,14-15,21,25,27,29-31,39H,1-2,8-13,16-20,22H2,3-5H3,(H,36,40)/t25-,27-,29+,30+,31-,35+/m0/s1. The quantitative estimate of drug-likeness (QED) is 0.154. The van der Waals surface area contributed by atoms with E-state index in [1.54, 1.807) is 28.9 Å². The Balaban J connectivity index is 1.61. The van der Waals surface area contributed by atoms with E-state index in [0.717, 1.165) is 29.7 Å². The Bertz CT molecular complexity index is 1280. The van der Waals surface area contributed by atoms with Crippen LogP contribution < -0.4 is 10.2 Å². The van der Waals surface area contributed by atoms with Gasteiger partial charge in [-0.1, -0.05) is 37.1 Å². The second-order valence-corrected chi connectivity index (χ2v) is 12.6. The molecule has 3 aliphatic heterocycles. The summed E-state index contributed by atoms with van der Waals surface area (Å²) < 4.78 is 12.4. The normalized spacial score (nSPS) is 25.5. The molecule has 0 saturated carbocycles. The number of benzene rings is 1. The van der Waals surface area contributed by atoms with Gasteiger partial charge in [0, 0.05) is 31.8 Å². The third-order valence-corrected chi connectivity index (χ3v) is 9.33. The monoisotopic (exact) mass is 623 g/mol. The van der Waals surface area contributed by atoms with Gasteiger partial charge in [0.25, 0.3) is 5.91 Å². The molecule has 3 amide bonds. The van der Waals surface area contributed by atoms with Crippen LogP contribution in [0.5, 0.6) is 0 Å². The van der Waals surface area contributed by atoms with Gasteiger partial charge in [-0.25, -0.2) is 0 Å². The maximum Gasteiger partial charge on any atom is 0.312 e. The van der Waals surface area contributed by atoms with Gasteiger partial charge in [0.2, 0.25) is 11.8 Å². The molecule has 6 atom stereocenters. The van der Waals surface area contributed by atoms with Crippen molar-refractivity contribution < 1.29 is 33.8 Å². The van der Waals surface area contributed by atoms with E-state index in [1.807, 2.05) is 32.0 Å². The Hall–Kier alpha value is -3.50. The fourth-order valence-electron chi connectivity index (χ4n) is 7.18. The van der Waals surface area contributed by atoms with Crippen molar-refractivity contribution in [1.82, 2.24) is 10.2 Å². The summed E-state index contributed by atoms with van der Waals surface area (Å²) in [6.45, 7) is 14.0. The van der Waals surface area contributed by atoms with Crippen molar-refractivity contribution >= 4 is 29.4 Å². The van der Waals surface area contributed by atoms with Gasteiger partial charge in [-0.05, 0) is 70.1 Å². The molecule has 1 aromatic rings. The van der Waals surface area contributed by atoms with E-state index in [1.165, 1.54) is 0 Å². The molecule has 4 rings (SSSR count). The fourth-order valence-corrected chi connectivity index (χ4v) is 7.18. The molecule has 10 nitrogen and oxygen atoms in total. The van der Waals surface area contributed by atoms with Crippen LogP contribution in [0.3, 0.4) is 0 Å². The number of carbonyl (C=O) groups is 4. The zero-order valence-corrected chi connectivity index (χ0v) is 27.0. The van der Waals surface area contributed by atoms with Crippen molar-refractivity contribution in [1.29, 1.82) is 0 Å². The van der Waals surface area contributed by atoms with Crippen molar-refractivity contribution in [2.75, 3.05) is 31.1 Å². The Morgan fingerprint density at radius 3 is 2.67 bits per heavy atom. The molecule has 2 N–H and O–H groups in total. The van der Waals surface area contributed by atoms with Crippen molar-refractivity contribution in [3.05, 3.63) is 54.6 Å². The average Bonchev–Trinajstić information content (AvgIpc) is 3.66. The van der Waals surface area contributed by atoms with Crippen molar-refractivity contribution in [2.45, 2.75) is 96.0 Å². The van der Waals surface area contributed by atoms with Crippen molar-refractivity contribution in [3.8, 4) is 0 Å². The van der Waals surface area contributed by atoms with Crippen LogP contribution >= 0.6 is 0 Å². The predicted molar refractivity (Wildman–Crippen MR) is 171 cm³/mol. The molecule has 246 valence electrons. The second-order valence-electron chi connectivity index (χ2n) is 12.6. The number of carbonyl (C=O) groups excluding carboxylic acids is 4. The molecule has 3 aliphatic rings. The number of nitrogens with zero attached hydrogens (tertiary/aromatic N) is 2. The molecule has 10 heteroatoms. The molecule has 45 heavy (non-hydrogen) atoms. The maximum atomic E-state index is 14.7. The van der Waals surface area contributed by atoms with Gasteiger partial charge in [-0.15, -0.1) is 13.2 Å². The number of aliphatic hydroxyl groups excluding tert-OH is 1. The smallest absolute Gasteiger partial charge is 0.312 e. The molecular formula is C35H49N3O7. The number of anilines is 1. The highest BCUT2D eigenvalue weighted by molar-refractivity contribution is 6.05. The van der Waals surface area contributed by atoms with Crippen molar-refractivity contribution in [2.24, 2.45) is 11.8 Å². The van der Waals surface area contributed by atoms with Crippen LogP contribution in [0.15, 0.2) is 43.5 Å². The Labute approximate surface area is 266 Å². The first-order valence-electron chi connectivity index (χ1n) is 16.3. The number of ether oxygens (including phenoxy) is 2. The van der Waals surface area contributed by atoms with Crippen LogP contribution in [0.25, 0.3) is 0 Å². The first kappa shape index (κ1) is 34.4. The SMILES string of the molecule is C=CCCC(=O)NC[C@H](C)OC(=O)[C@@H]1[C@@H]2CC[C@]3(O2)[C@H](C(=O)N(CC=C)c2cc(C)ccc2C)N(CCCCCCO)C(=O)[C@@H]13. The lowest BCUT2D eigenvalue weighted by molar-refractivity contribution is -0.159. The van der Waals surface area contributed by atoms with E-state index >= 15 is 0 Å². The molecule has 1 spiro atoms. The number of aliphatic hydroxyl groups is 1. The number of fused-ring (bicyclic) bond motifs is 1. The molecule has 0 aliphatic carbocycles. The number of allylic oxidation sites excluding steroid dienone is 1. The summed E-state index contributed by atoms with van der Waals surface area (Å²) in [6, 6.07) is 5.03. The zero-order chi connectivity index (χ0) is 32.7. The highest BCUT2D eigenvalue weighted by Gasteiger charge is 2.75. The first-order valence-corrected chi connectivity index (χ1v) is 16.3. The molecular weight excluding hydrogens is 574 g/mol. The van der Waals surface area contributed by atoms with E-state index in [4.69, 9.17) is 9.47 Å². The van der Waals surface area contributed by atoms with E-state index in [9.17, 15) is 24.3 Å². The minimum Gasteiger partial charge on any atom is -0.460 e. The summed E-state index contributed by atoms with van der Waals surface area (Å²) in [5.74, 6) is -2.89. The number of unbranched alkanes of at least 4 members (excludes halogenated alkanes) is 3. The molecule has 3 saturated heterocycles. The summed E-state index contributed by atoms with van der Waals surface area (Å²) in [4.78, 5) is 58.0. The van der Waals surface area contributed by atoms with Gasteiger partial charge < -0.3 is 29.7 Å². The molecule has 0 aromatic heterocycles. The lowest BCUT2D eigenvalue weighted by Crippen LogP contribution is -2.56. The Morgan fingerprint density at radius 1 is 1.20 bits per heavy atom. The zero-order valence-electron chi connectivity index (χ0n) is 27.0. The topological polar surface area (TPSA) is 125 Å². The van der Waals surface area contributed by atoms with Crippen LogP contribution in [0.2, 0.25) is 0 Å². The molecule has 3 heterocycles. The summed E-state index contributed by atoms with van der Waals surface area (Å²) in [6.07, 6.45) is 7.02. The summed E-state index contributed by atoms with van der Waals surface area (Å²) in [7, 11) is 0. The number of aryl methyl sites for hydroxylation is 2. The fraction of sp³-hybridized carbons (Fsp3) is 0.600. The van der Waals surface area contributed by atoms with E-state index < -0.39 is 41.7 Å². The van der Waals surface area contributed by atoms with Crippen molar-refractivity contribution in [3.63, 3.8) is 0 Å². The third kappa shape index (κ3) is 7.17. The number of nitrogens with one attached hydrogen (secondary N) is 1. The summed E-state index contributed by atoms with van der Waals surface area (Å²) >= 11 is 0. The summed E-state index contributed by atoms with van der Waals surface area (Å²) in [5.41, 5.74) is 1.53. The number of amides is 3. The molecule has 1 aromatic carbocycles. The van der Waals surface area contributed by atoms with Gasteiger partial charge >= 0.3 is 5.97 Å². The van der Waals surface area contributed by atoms with E-state index in [-0.39, 0.29) is 37.4 Å². The van der Waals surface area contributed by atoms with Gasteiger partial charge in [0.05, 0.1) is 24.5 Å². The number of rotatable bonds is 17. The van der Waals surface area contributed by atoms with Crippen LogP contribution in [0, 0.1) is 25.7 Å². The van der Waals surface area contributed by atoms with Crippen LogP contribution in [-0.2, 0) is 28.7 Å².